The Labute approximate surface area is 174 Å². The van der Waals surface area contributed by atoms with E-state index < -0.39 is 5.97 Å². The zero-order chi connectivity index (χ0) is 21.5. The molecule has 0 unspecified atom stereocenters. The number of amides is 2. The smallest absolute Gasteiger partial charge is 0.335 e. The van der Waals surface area contributed by atoms with Crippen LogP contribution in [0, 0.1) is 0 Å². The summed E-state index contributed by atoms with van der Waals surface area (Å²) in [5, 5.41) is 20.8. The van der Waals surface area contributed by atoms with E-state index in [2.05, 4.69) is 10.2 Å². The number of nitrogens with zero attached hydrogens (tertiary/aromatic N) is 2. The van der Waals surface area contributed by atoms with Gasteiger partial charge in [0.15, 0.2) is 0 Å². The van der Waals surface area contributed by atoms with E-state index in [4.69, 9.17) is 10.2 Å². The van der Waals surface area contributed by atoms with Gasteiger partial charge in [0.1, 0.15) is 0 Å². The number of carbonyl (C=O) groups excluding carboxylic acids is 2. The average molecular weight is 411 g/mol. The zero-order valence-corrected chi connectivity index (χ0v) is 16.6. The molecule has 1 fully saturated rings. The fourth-order valence-electron chi connectivity index (χ4n) is 3.44. The highest BCUT2D eigenvalue weighted by Gasteiger charge is 2.34. The predicted octanol–water partition coefficient (Wildman–Crippen LogP) is 1.06. The summed E-state index contributed by atoms with van der Waals surface area (Å²) in [4.78, 5) is 38.8. The molecular formula is C22H25N3O5. The van der Waals surface area contributed by atoms with Gasteiger partial charge in [-0.2, -0.15) is 0 Å². The highest BCUT2D eigenvalue weighted by molar-refractivity contribution is 6.21. The lowest BCUT2D eigenvalue weighted by Gasteiger charge is -2.25. The Hall–Kier alpha value is -3.07. The van der Waals surface area contributed by atoms with Crippen LogP contribution >= 0.6 is 0 Å². The number of carboxylic acid groups (broad SMARTS) is 1. The summed E-state index contributed by atoms with van der Waals surface area (Å²) in [6.45, 7) is 5.50. The van der Waals surface area contributed by atoms with E-state index in [1.807, 2.05) is 0 Å². The van der Waals surface area contributed by atoms with Gasteiger partial charge in [0.2, 0.25) is 0 Å². The summed E-state index contributed by atoms with van der Waals surface area (Å²) in [5.74, 6) is -1.74. The molecule has 30 heavy (non-hydrogen) atoms. The minimum atomic E-state index is -1.04. The summed E-state index contributed by atoms with van der Waals surface area (Å²) in [6.07, 6.45) is 0. The molecule has 3 N–H and O–H groups in total. The Morgan fingerprint density at radius 1 is 0.967 bits per heavy atom. The summed E-state index contributed by atoms with van der Waals surface area (Å²) >= 11 is 0. The number of aliphatic hydroxyl groups excluding tert-OH is 1. The van der Waals surface area contributed by atoms with Crippen LogP contribution in [0.2, 0.25) is 0 Å². The van der Waals surface area contributed by atoms with Crippen LogP contribution in [0.25, 0.3) is 0 Å². The number of nitrogens with one attached hydrogen (secondary N) is 1. The molecule has 2 aromatic carbocycles. The maximum Gasteiger partial charge on any atom is 0.335 e. The van der Waals surface area contributed by atoms with Gasteiger partial charge in [-0.05, 0) is 29.8 Å². The third-order valence-electron chi connectivity index (χ3n) is 5.02. The molecule has 2 heterocycles. The Bertz CT molecular complexity index is 887. The van der Waals surface area contributed by atoms with Gasteiger partial charge in [0.25, 0.3) is 11.8 Å². The average Bonchev–Trinajstić information content (AvgIpc) is 3.00. The summed E-state index contributed by atoms with van der Waals surface area (Å²) in [6, 6.07) is 12.9. The van der Waals surface area contributed by atoms with Gasteiger partial charge in [-0.1, -0.05) is 24.3 Å². The lowest BCUT2D eigenvalue weighted by Crippen LogP contribution is -2.44. The van der Waals surface area contributed by atoms with E-state index in [9.17, 15) is 14.4 Å². The number of aromatic carboxylic acids is 1. The molecule has 8 nitrogen and oxygen atoms in total. The number of aliphatic hydroxyl groups is 1. The van der Waals surface area contributed by atoms with Crippen LogP contribution < -0.4 is 5.32 Å². The fraction of sp³-hybridized carbons (Fsp3) is 0.318. The topological polar surface area (TPSA) is 110 Å². The Morgan fingerprint density at radius 3 is 2.17 bits per heavy atom. The molecule has 8 heteroatoms. The van der Waals surface area contributed by atoms with Gasteiger partial charge in [0, 0.05) is 32.7 Å². The monoisotopic (exact) mass is 411 g/mol. The van der Waals surface area contributed by atoms with Crippen molar-refractivity contribution in [2.75, 3.05) is 39.3 Å². The number of fused-ring (bicyclic) bond motifs is 1. The highest BCUT2D eigenvalue weighted by Crippen LogP contribution is 2.24. The second-order valence-electron chi connectivity index (χ2n) is 7.06. The zero-order valence-electron chi connectivity index (χ0n) is 16.6. The van der Waals surface area contributed by atoms with Crippen LogP contribution in [-0.4, -0.2) is 77.1 Å². The van der Waals surface area contributed by atoms with Crippen LogP contribution in [0.4, 0.5) is 0 Å². The minimum absolute atomic E-state index is 0.0630. The molecule has 2 amide bonds. The number of imide groups is 1. The van der Waals surface area contributed by atoms with Crippen molar-refractivity contribution in [3.63, 3.8) is 0 Å². The molecule has 2 aliphatic heterocycles. The van der Waals surface area contributed by atoms with Crippen LogP contribution in [0.15, 0.2) is 48.5 Å². The molecule has 0 bridgehead atoms. The van der Waals surface area contributed by atoms with Crippen LogP contribution in [0.3, 0.4) is 0 Å². The number of carboxylic acids is 1. The largest absolute Gasteiger partial charge is 0.478 e. The van der Waals surface area contributed by atoms with Gasteiger partial charge in [-0.3, -0.25) is 19.4 Å². The molecular weight excluding hydrogens is 386 g/mol. The molecule has 0 atom stereocenters. The summed E-state index contributed by atoms with van der Waals surface area (Å²) in [7, 11) is 0. The van der Waals surface area contributed by atoms with E-state index in [1.165, 1.54) is 12.1 Å². The number of hydrogen-bond acceptors (Lipinski definition) is 6. The molecule has 0 spiro atoms. The van der Waals surface area contributed by atoms with Crippen molar-refractivity contribution in [3.8, 4) is 0 Å². The standard InChI is InChI=1S/C16H11NO4.C6H14N2O/c18-14-12-6-1-2-7-13(12)15(19)17(14)9-10-4-3-5-11(8-10)16(20)21;9-6-5-8-3-1-7-2-4-8/h1-8H,9H2,(H,20,21);7,9H,1-6H2. The first-order valence-electron chi connectivity index (χ1n) is 9.82. The first kappa shape index (κ1) is 21.6. The number of piperazine rings is 1. The van der Waals surface area contributed by atoms with Gasteiger partial charge in [-0.25, -0.2) is 4.79 Å². The number of β-amino-alcohol motifs (C(OH)–C–C–N with tert-alkyl or cyclic N) is 1. The van der Waals surface area contributed by atoms with Crippen molar-refractivity contribution in [2.24, 2.45) is 0 Å². The Morgan fingerprint density at radius 2 is 1.60 bits per heavy atom. The van der Waals surface area contributed by atoms with Crippen LogP contribution in [-0.2, 0) is 6.54 Å². The van der Waals surface area contributed by atoms with E-state index in [1.54, 1.807) is 36.4 Å². The molecule has 0 saturated carbocycles. The van der Waals surface area contributed by atoms with Crippen molar-refractivity contribution in [1.82, 2.24) is 15.1 Å². The van der Waals surface area contributed by atoms with E-state index >= 15 is 0 Å². The minimum Gasteiger partial charge on any atom is -0.478 e. The first-order valence-corrected chi connectivity index (χ1v) is 9.82. The van der Waals surface area contributed by atoms with Crippen molar-refractivity contribution in [1.29, 1.82) is 0 Å². The van der Waals surface area contributed by atoms with Gasteiger partial charge >= 0.3 is 5.97 Å². The molecule has 158 valence electrons. The number of benzene rings is 2. The van der Waals surface area contributed by atoms with Gasteiger partial charge < -0.3 is 15.5 Å². The van der Waals surface area contributed by atoms with Gasteiger partial charge in [0.05, 0.1) is 29.8 Å². The number of hydrogen-bond donors (Lipinski definition) is 3. The molecule has 2 aliphatic rings. The number of carbonyl (C=O) groups is 3. The third kappa shape index (κ3) is 5.10. The molecule has 0 radical (unpaired) electrons. The summed E-state index contributed by atoms with van der Waals surface area (Å²) in [5.41, 5.74) is 1.50. The molecule has 4 rings (SSSR count). The SMILES string of the molecule is O=C(O)c1cccc(CN2C(=O)c3ccccc3C2=O)c1.OCCN1CCNCC1. The maximum atomic E-state index is 12.2. The van der Waals surface area contributed by atoms with Crippen molar-refractivity contribution in [3.05, 3.63) is 70.8 Å². The molecule has 1 saturated heterocycles. The lowest BCUT2D eigenvalue weighted by molar-refractivity contribution is 0.0641. The van der Waals surface area contributed by atoms with Gasteiger partial charge in [-0.15, -0.1) is 0 Å². The van der Waals surface area contributed by atoms with Crippen LogP contribution in [0.5, 0.6) is 0 Å². The molecule has 0 aromatic heterocycles. The normalized spacial score (nSPS) is 16.1. The quantitative estimate of drug-likeness (QED) is 0.631. The van der Waals surface area contributed by atoms with Crippen molar-refractivity contribution in [2.45, 2.75) is 6.54 Å². The summed E-state index contributed by atoms with van der Waals surface area (Å²) < 4.78 is 0. The molecule has 2 aromatic rings. The highest BCUT2D eigenvalue weighted by atomic mass is 16.4. The van der Waals surface area contributed by atoms with Crippen molar-refractivity contribution < 1.29 is 24.6 Å². The predicted molar refractivity (Wildman–Crippen MR) is 110 cm³/mol. The Balaban J connectivity index is 0.000000239. The van der Waals surface area contributed by atoms with E-state index in [-0.39, 0.29) is 23.9 Å². The molecule has 0 aliphatic carbocycles. The number of rotatable bonds is 5. The lowest BCUT2D eigenvalue weighted by atomic mass is 10.1. The second-order valence-corrected chi connectivity index (χ2v) is 7.06. The van der Waals surface area contributed by atoms with E-state index in [0.717, 1.165) is 37.6 Å². The third-order valence-corrected chi connectivity index (χ3v) is 5.02. The maximum absolute atomic E-state index is 12.2. The second kappa shape index (κ2) is 10.1. The van der Waals surface area contributed by atoms with Crippen LogP contribution in [0.1, 0.15) is 36.6 Å². The Kier molecular flexibility index (Phi) is 7.29. The van der Waals surface area contributed by atoms with E-state index in [0.29, 0.717) is 23.3 Å². The van der Waals surface area contributed by atoms with Crippen molar-refractivity contribution >= 4 is 17.8 Å². The fourth-order valence-corrected chi connectivity index (χ4v) is 3.44. The first-order chi connectivity index (χ1) is 14.5.